The monoisotopic (exact) mass is 396 g/mol. The van der Waals surface area contributed by atoms with Crippen molar-refractivity contribution in [2.75, 3.05) is 5.32 Å². The fraction of sp³-hybridized carbons (Fsp3) is 0.0400. The summed E-state index contributed by atoms with van der Waals surface area (Å²) >= 11 is 0. The van der Waals surface area contributed by atoms with Crippen LogP contribution in [0.1, 0.15) is 33.0 Å². The summed E-state index contributed by atoms with van der Waals surface area (Å²) in [6.45, 7) is 0. The third-order valence-corrected chi connectivity index (χ3v) is 4.90. The summed E-state index contributed by atoms with van der Waals surface area (Å²) in [5.41, 5.74) is 3.94. The number of amides is 1. The van der Waals surface area contributed by atoms with Crippen molar-refractivity contribution >= 4 is 11.6 Å². The lowest BCUT2D eigenvalue weighted by atomic mass is 9.84. The van der Waals surface area contributed by atoms with E-state index in [9.17, 15) is 15.0 Å². The molecule has 148 valence electrons. The van der Waals surface area contributed by atoms with E-state index < -0.39 is 0 Å². The highest BCUT2D eigenvalue weighted by Gasteiger charge is 2.21. The first-order chi connectivity index (χ1) is 14.6. The molecule has 1 amide bonds. The second kappa shape index (κ2) is 8.49. The minimum atomic E-state index is -0.245. The van der Waals surface area contributed by atoms with Crippen LogP contribution in [0.2, 0.25) is 0 Å². The van der Waals surface area contributed by atoms with Crippen LogP contribution in [0.3, 0.4) is 0 Å². The molecule has 0 fully saturated rings. The molecule has 0 atom stereocenters. The van der Waals surface area contributed by atoms with Crippen LogP contribution in [0, 0.1) is 0 Å². The summed E-state index contributed by atoms with van der Waals surface area (Å²) in [5.74, 6) is -0.0925. The van der Waals surface area contributed by atoms with Gasteiger partial charge in [0, 0.05) is 24.0 Å². The van der Waals surface area contributed by atoms with E-state index in [2.05, 4.69) is 10.3 Å². The Balaban J connectivity index is 1.78. The number of carbonyl (C=O) groups excluding carboxylic acids is 1. The molecule has 0 bridgehead atoms. The first-order valence-corrected chi connectivity index (χ1v) is 9.50. The van der Waals surface area contributed by atoms with Crippen molar-refractivity contribution in [2.45, 2.75) is 5.92 Å². The number of phenols is 2. The number of hydrogen-bond acceptors (Lipinski definition) is 4. The molecule has 0 aliphatic carbocycles. The number of phenolic OH excluding ortho intramolecular Hbond substituents is 2. The van der Waals surface area contributed by atoms with Gasteiger partial charge in [-0.3, -0.25) is 9.78 Å². The molecule has 3 N–H and O–H groups in total. The zero-order valence-electron chi connectivity index (χ0n) is 16.1. The van der Waals surface area contributed by atoms with Crippen molar-refractivity contribution < 1.29 is 15.0 Å². The Labute approximate surface area is 174 Å². The molecule has 30 heavy (non-hydrogen) atoms. The highest BCUT2D eigenvalue weighted by molar-refractivity contribution is 6.04. The summed E-state index contributed by atoms with van der Waals surface area (Å²) in [6.07, 6.45) is 3.14. The minimum Gasteiger partial charge on any atom is -0.508 e. The van der Waals surface area contributed by atoms with E-state index in [1.807, 2.05) is 48.5 Å². The Morgan fingerprint density at radius 3 is 1.93 bits per heavy atom. The first-order valence-electron chi connectivity index (χ1n) is 9.50. The molecule has 1 aromatic heterocycles. The third-order valence-electron chi connectivity index (χ3n) is 4.90. The summed E-state index contributed by atoms with van der Waals surface area (Å²) < 4.78 is 0. The lowest BCUT2D eigenvalue weighted by Gasteiger charge is -2.22. The molecule has 0 aliphatic heterocycles. The number of aromatic nitrogens is 1. The van der Waals surface area contributed by atoms with Gasteiger partial charge >= 0.3 is 0 Å². The number of para-hydroxylation sites is 1. The number of hydrogen-bond donors (Lipinski definition) is 3. The molecule has 0 spiro atoms. The molecule has 1 heterocycles. The van der Waals surface area contributed by atoms with Gasteiger partial charge in [0.2, 0.25) is 0 Å². The quantitative estimate of drug-likeness (QED) is 0.418. The summed E-state index contributed by atoms with van der Waals surface area (Å²) in [5, 5.41) is 22.4. The Kier molecular flexibility index (Phi) is 5.44. The van der Waals surface area contributed by atoms with Crippen molar-refractivity contribution in [1.82, 2.24) is 4.98 Å². The van der Waals surface area contributed by atoms with E-state index in [0.717, 1.165) is 16.7 Å². The molecular formula is C25H20N2O3. The number of nitrogens with zero attached hydrogens (tertiary/aromatic N) is 1. The molecule has 0 aliphatic rings. The Morgan fingerprint density at radius 1 is 0.767 bits per heavy atom. The number of rotatable bonds is 5. The van der Waals surface area contributed by atoms with Crippen molar-refractivity contribution in [3.63, 3.8) is 0 Å². The molecule has 0 saturated heterocycles. The summed E-state index contributed by atoms with van der Waals surface area (Å²) in [7, 11) is 0. The molecule has 4 aromatic rings. The van der Waals surface area contributed by atoms with Gasteiger partial charge in [0.15, 0.2) is 0 Å². The summed E-state index contributed by atoms with van der Waals surface area (Å²) in [4.78, 5) is 16.7. The average Bonchev–Trinajstić information content (AvgIpc) is 2.78. The molecule has 0 saturated carbocycles. The maximum atomic E-state index is 12.7. The first kappa shape index (κ1) is 19.2. The van der Waals surface area contributed by atoms with Crippen LogP contribution in [0.25, 0.3) is 0 Å². The molecule has 0 unspecified atom stereocenters. The molecule has 4 rings (SSSR count). The van der Waals surface area contributed by atoms with Crippen LogP contribution in [0.15, 0.2) is 97.3 Å². The van der Waals surface area contributed by atoms with Crippen LogP contribution in [-0.4, -0.2) is 21.1 Å². The number of pyridine rings is 1. The van der Waals surface area contributed by atoms with Gasteiger partial charge in [-0.1, -0.05) is 42.5 Å². The predicted octanol–water partition coefficient (Wildman–Crippen LogP) is 4.93. The lowest BCUT2D eigenvalue weighted by molar-refractivity contribution is 0.102. The van der Waals surface area contributed by atoms with Crippen molar-refractivity contribution in [3.05, 3.63) is 120 Å². The fourth-order valence-corrected chi connectivity index (χ4v) is 3.44. The molecule has 5 heteroatoms. The Bertz CT molecular complexity index is 1100. The number of nitrogens with one attached hydrogen (secondary N) is 1. The zero-order valence-corrected chi connectivity index (χ0v) is 16.1. The zero-order chi connectivity index (χ0) is 20.9. The van der Waals surface area contributed by atoms with Gasteiger partial charge in [0.25, 0.3) is 5.91 Å². The largest absolute Gasteiger partial charge is 0.508 e. The van der Waals surface area contributed by atoms with Crippen LogP contribution in [0.4, 0.5) is 5.69 Å². The second-order valence-corrected chi connectivity index (χ2v) is 6.90. The second-order valence-electron chi connectivity index (χ2n) is 6.90. The van der Waals surface area contributed by atoms with Gasteiger partial charge < -0.3 is 15.5 Å². The maximum Gasteiger partial charge on any atom is 0.257 e. The number of carbonyl (C=O) groups is 1. The maximum absolute atomic E-state index is 12.7. The molecule has 5 nitrogen and oxygen atoms in total. The lowest BCUT2D eigenvalue weighted by Crippen LogP contribution is -2.15. The third kappa shape index (κ3) is 4.15. The van der Waals surface area contributed by atoms with Crippen LogP contribution < -0.4 is 5.32 Å². The average molecular weight is 396 g/mol. The van der Waals surface area contributed by atoms with E-state index in [1.54, 1.807) is 42.6 Å². The SMILES string of the molecule is O=C(Nc1ccccc1C(c1ccc(O)cc1)c1ccc(O)cc1)c1cccnc1. The topological polar surface area (TPSA) is 82.5 Å². The number of benzene rings is 3. The van der Waals surface area contributed by atoms with Gasteiger partial charge in [-0.2, -0.15) is 0 Å². The van der Waals surface area contributed by atoms with Crippen molar-refractivity contribution in [3.8, 4) is 11.5 Å². The van der Waals surface area contributed by atoms with Crippen molar-refractivity contribution in [2.24, 2.45) is 0 Å². The van der Waals surface area contributed by atoms with Crippen LogP contribution in [-0.2, 0) is 0 Å². The summed E-state index contributed by atoms with van der Waals surface area (Å²) in [6, 6.07) is 25.0. The van der Waals surface area contributed by atoms with Gasteiger partial charge in [-0.25, -0.2) is 0 Å². The normalized spacial score (nSPS) is 10.7. The molecule has 3 aromatic carbocycles. The van der Waals surface area contributed by atoms with Gasteiger partial charge in [0.1, 0.15) is 11.5 Å². The minimum absolute atomic E-state index is 0.182. The predicted molar refractivity (Wildman–Crippen MR) is 116 cm³/mol. The number of anilines is 1. The fourth-order valence-electron chi connectivity index (χ4n) is 3.44. The Hall–Kier alpha value is -4.12. The Morgan fingerprint density at radius 2 is 1.37 bits per heavy atom. The van der Waals surface area contributed by atoms with Crippen LogP contribution in [0.5, 0.6) is 11.5 Å². The smallest absolute Gasteiger partial charge is 0.257 e. The number of aromatic hydroxyl groups is 2. The highest BCUT2D eigenvalue weighted by atomic mass is 16.3. The van der Waals surface area contributed by atoms with E-state index >= 15 is 0 Å². The van der Waals surface area contributed by atoms with Gasteiger partial charge in [0.05, 0.1) is 5.56 Å². The van der Waals surface area contributed by atoms with E-state index in [4.69, 9.17) is 0 Å². The molecular weight excluding hydrogens is 376 g/mol. The van der Waals surface area contributed by atoms with E-state index in [0.29, 0.717) is 11.3 Å². The van der Waals surface area contributed by atoms with Gasteiger partial charge in [-0.05, 0) is 59.2 Å². The standard InChI is InChI=1S/C25H20N2O3/c28-20-11-7-17(8-12-20)24(18-9-13-21(29)14-10-18)22-5-1-2-6-23(22)27-25(30)19-4-3-15-26-16-19/h1-16,24,28-29H,(H,27,30). The van der Waals surface area contributed by atoms with E-state index in [1.165, 1.54) is 6.20 Å². The van der Waals surface area contributed by atoms with Crippen molar-refractivity contribution in [1.29, 1.82) is 0 Å². The highest BCUT2D eigenvalue weighted by Crippen LogP contribution is 2.37. The van der Waals surface area contributed by atoms with Gasteiger partial charge in [-0.15, -0.1) is 0 Å². The van der Waals surface area contributed by atoms with Crippen LogP contribution >= 0.6 is 0 Å². The molecule has 0 radical (unpaired) electrons. The van der Waals surface area contributed by atoms with E-state index in [-0.39, 0.29) is 23.3 Å².